The van der Waals surface area contributed by atoms with Gasteiger partial charge in [0.2, 0.25) is 5.69 Å². The van der Waals surface area contributed by atoms with Crippen LogP contribution in [0.3, 0.4) is 0 Å². The van der Waals surface area contributed by atoms with Crippen molar-refractivity contribution in [1.82, 2.24) is 10.5 Å². The summed E-state index contributed by atoms with van der Waals surface area (Å²) in [5.41, 5.74) is 2.31. The van der Waals surface area contributed by atoms with E-state index in [1.54, 1.807) is 19.1 Å². The molecule has 0 unspecified atom stereocenters. The van der Waals surface area contributed by atoms with Crippen molar-refractivity contribution in [3.05, 3.63) is 80.1 Å². The summed E-state index contributed by atoms with van der Waals surface area (Å²) in [5.74, 6) is -2.09. The molecule has 0 saturated carbocycles. The number of phenolic OH excluding ortho intramolecular Hbond substituents is 1. The van der Waals surface area contributed by atoms with Crippen LogP contribution in [-0.2, 0) is 22.4 Å². The molecule has 0 radical (unpaired) electrons. The number of aryl methyl sites for hydroxylation is 2. The highest BCUT2D eigenvalue weighted by Crippen LogP contribution is 2.29. The molecule has 3 aromatic rings. The van der Waals surface area contributed by atoms with Gasteiger partial charge in [0, 0.05) is 12.8 Å². The zero-order valence-corrected chi connectivity index (χ0v) is 19.4. The normalized spacial score (nSPS) is 11.6. The van der Waals surface area contributed by atoms with E-state index in [9.17, 15) is 24.6 Å². The van der Waals surface area contributed by atoms with Gasteiger partial charge in [0.25, 0.3) is 12.4 Å². The van der Waals surface area contributed by atoms with Crippen LogP contribution in [0.4, 0.5) is 0 Å². The summed E-state index contributed by atoms with van der Waals surface area (Å²) in [6.07, 6.45) is -0.882. The largest absolute Gasteiger partial charge is 0.506 e. The second-order valence-corrected chi connectivity index (χ2v) is 8.29. The third-order valence-corrected chi connectivity index (χ3v) is 5.53. The highest BCUT2D eigenvalue weighted by Gasteiger charge is 2.29. The number of rotatable bonds is 9. The van der Waals surface area contributed by atoms with Crippen molar-refractivity contribution in [2.45, 2.75) is 32.9 Å². The van der Waals surface area contributed by atoms with Gasteiger partial charge in [0.15, 0.2) is 12.0 Å². The van der Waals surface area contributed by atoms with Crippen molar-refractivity contribution in [2.75, 3.05) is 0 Å². The van der Waals surface area contributed by atoms with Crippen LogP contribution >= 0.6 is 15.9 Å². The number of carbonyl (C=O) groups excluding carboxylic acids is 2. The molecule has 1 atom stereocenters. The number of halogens is 1. The van der Waals surface area contributed by atoms with Crippen LogP contribution in [0, 0.1) is 13.8 Å². The second-order valence-electron chi connectivity index (χ2n) is 7.44. The number of amides is 1. The molecule has 0 aliphatic carbocycles. The Labute approximate surface area is 197 Å². The molecule has 9 nitrogen and oxygen atoms in total. The summed E-state index contributed by atoms with van der Waals surface area (Å²) < 4.78 is 10.6. The first-order chi connectivity index (χ1) is 15.7. The van der Waals surface area contributed by atoms with Crippen LogP contribution in [0.15, 0.2) is 45.4 Å². The second kappa shape index (κ2) is 10.3. The molecule has 3 N–H and O–H groups in total. The Balaban J connectivity index is 1.87. The number of carboxylic acid groups (broad SMARTS) is 1. The fourth-order valence-electron chi connectivity index (χ4n) is 3.27. The summed E-state index contributed by atoms with van der Waals surface area (Å²) >= 11 is 3.25. The summed E-state index contributed by atoms with van der Waals surface area (Å²) in [6.45, 7) is 3.82. The lowest BCUT2D eigenvalue weighted by Gasteiger charge is -2.18. The van der Waals surface area contributed by atoms with Crippen molar-refractivity contribution in [3.63, 3.8) is 0 Å². The minimum Gasteiger partial charge on any atom is -0.506 e. The minimum absolute atomic E-state index is 0.0711. The smallest absolute Gasteiger partial charge is 0.358 e. The van der Waals surface area contributed by atoms with Crippen LogP contribution in [0.5, 0.6) is 5.75 Å². The van der Waals surface area contributed by atoms with Gasteiger partial charge in [-0.05, 0) is 52.5 Å². The van der Waals surface area contributed by atoms with Crippen molar-refractivity contribution in [3.8, 4) is 5.75 Å². The fraction of sp³-hybridized carbons (Fsp3) is 0.217. The summed E-state index contributed by atoms with van der Waals surface area (Å²) in [7, 11) is 0. The first-order valence-electron chi connectivity index (χ1n) is 9.85. The number of ether oxygens (including phenoxy) is 1. The molecular weight excluding hydrogens is 496 g/mol. The number of nitrogens with zero attached hydrogens (tertiary/aromatic N) is 1. The molecule has 10 heteroatoms. The van der Waals surface area contributed by atoms with E-state index in [2.05, 4.69) is 26.4 Å². The Kier molecular flexibility index (Phi) is 7.49. The number of hydrogen-bond donors (Lipinski definition) is 3. The Bertz CT molecular complexity index is 1170. The molecule has 0 aliphatic rings. The number of hydrogen-bond acceptors (Lipinski definition) is 7. The zero-order valence-electron chi connectivity index (χ0n) is 17.8. The van der Waals surface area contributed by atoms with Crippen molar-refractivity contribution in [1.29, 1.82) is 0 Å². The summed E-state index contributed by atoms with van der Waals surface area (Å²) in [4.78, 5) is 35.7. The van der Waals surface area contributed by atoms with Gasteiger partial charge >= 0.3 is 5.97 Å². The zero-order chi connectivity index (χ0) is 24.1. The molecule has 2 aromatic carbocycles. The van der Waals surface area contributed by atoms with Gasteiger partial charge in [-0.2, -0.15) is 0 Å². The molecule has 1 amide bonds. The van der Waals surface area contributed by atoms with Gasteiger partial charge in [-0.3, -0.25) is 9.59 Å². The molecule has 33 heavy (non-hydrogen) atoms. The molecule has 0 aliphatic heterocycles. The first-order valence-corrected chi connectivity index (χ1v) is 10.6. The molecule has 0 saturated heterocycles. The average Bonchev–Trinajstić information content (AvgIpc) is 3.18. The van der Waals surface area contributed by atoms with E-state index in [4.69, 9.17) is 9.26 Å². The number of nitrogens with one attached hydrogen (secondary N) is 1. The van der Waals surface area contributed by atoms with Gasteiger partial charge in [0.05, 0.1) is 4.47 Å². The maximum absolute atomic E-state index is 13.0. The molecule has 172 valence electrons. The van der Waals surface area contributed by atoms with Gasteiger partial charge in [-0.1, -0.05) is 41.1 Å². The molecule has 3 rings (SSSR count). The lowest BCUT2D eigenvalue weighted by Crippen LogP contribution is -2.39. The van der Waals surface area contributed by atoms with Crippen molar-refractivity contribution < 1.29 is 33.9 Å². The van der Waals surface area contributed by atoms with E-state index in [1.807, 2.05) is 31.2 Å². The van der Waals surface area contributed by atoms with E-state index in [0.717, 1.165) is 11.1 Å². The van der Waals surface area contributed by atoms with Crippen LogP contribution < -0.4 is 5.32 Å². The maximum atomic E-state index is 13.0. The van der Waals surface area contributed by atoms with Gasteiger partial charge in [0.1, 0.15) is 11.3 Å². The SMILES string of the molecule is Cc1ccc(Cc2onc(C(=O)O)c2C(=O)N[C@@H](Cc2cc(C)c(O)c(Br)c2)OC=O)cc1. The van der Waals surface area contributed by atoms with E-state index >= 15 is 0 Å². The first kappa shape index (κ1) is 24.0. The van der Waals surface area contributed by atoms with E-state index in [-0.39, 0.29) is 36.4 Å². The number of benzene rings is 2. The Morgan fingerprint density at radius 1 is 1.21 bits per heavy atom. The summed E-state index contributed by atoms with van der Waals surface area (Å²) in [6, 6.07) is 10.7. The van der Waals surface area contributed by atoms with Gasteiger partial charge in [-0.15, -0.1) is 0 Å². The molecule has 1 heterocycles. The minimum atomic E-state index is -1.43. The Morgan fingerprint density at radius 3 is 2.52 bits per heavy atom. The predicted octanol–water partition coefficient (Wildman–Crippen LogP) is 3.52. The standard InChI is InChI=1S/C23H21BrN2O7/c1-12-3-5-14(6-4-12)9-17-19(20(23(30)31)26-33-17)22(29)25-18(32-11-27)10-15-7-13(2)21(28)16(24)8-15/h3-8,11,18,28H,9-10H2,1-2H3,(H,25,29)(H,30,31)/t18-/m1/s1. The van der Waals surface area contributed by atoms with Gasteiger partial charge in [-0.25, -0.2) is 4.79 Å². The summed E-state index contributed by atoms with van der Waals surface area (Å²) in [5, 5.41) is 25.4. The number of aromatic carboxylic acids is 1. The van der Waals surface area contributed by atoms with Crippen LogP contribution in [0.25, 0.3) is 0 Å². The van der Waals surface area contributed by atoms with Crippen LogP contribution in [0.2, 0.25) is 0 Å². The van der Waals surface area contributed by atoms with Crippen molar-refractivity contribution in [2.24, 2.45) is 0 Å². The maximum Gasteiger partial charge on any atom is 0.358 e. The monoisotopic (exact) mass is 516 g/mol. The number of phenols is 1. The topological polar surface area (TPSA) is 139 Å². The third kappa shape index (κ3) is 5.78. The number of carboxylic acids is 1. The fourth-order valence-corrected chi connectivity index (χ4v) is 3.88. The van der Waals surface area contributed by atoms with E-state index in [1.165, 1.54) is 0 Å². The molecule has 0 bridgehead atoms. The van der Waals surface area contributed by atoms with Gasteiger partial charge < -0.3 is 24.8 Å². The van der Waals surface area contributed by atoms with Crippen LogP contribution in [-0.4, -0.2) is 39.9 Å². The quantitative estimate of drug-likeness (QED) is 0.290. The van der Waals surface area contributed by atoms with E-state index in [0.29, 0.717) is 15.6 Å². The van der Waals surface area contributed by atoms with Crippen molar-refractivity contribution >= 4 is 34.3 Å². The van der Waals surface area contributed by atoms with Crippen LogP contribution in [0.1, 0.15) is 48.9 Å². The lowest BCUT2D eigenvalue weighted by atomic mass is 10.0. The average molecular weight is 517 g/mol. The number of aromatic nitrogens is 1. The highest BCUT2D eigenvalue weighted by atomic mass is 79.9. The Hall–Kier alpha value is -3.66. The third-order valence-electron chi connectivity index (χ3n) is 4.92. The number of aromatic hydroxyl groups is 1. The number of carbonyl (C=O) groups is 3. The highest BCUT2D eigenvalue weighted by molar-refractivity contribution is 9.10. The predicted molar refractivity (Wildman–Crippen MR) is 120 cm³/mol. The molecule has 1 aromatic heterocycles. The molecular formula is C23H21BrN2O7. The van der Waals surface area contributed by atoms with E-state index < -0.39 is 23.8 Å². The lowest BCUT2D eigenvalue weighted by molar-refractivity contribution is -0.134. The Morgan fingerprint density at radius 2 is 1.91 bits per heavy atom. The molecule has 0 fully saturated rings. The molecule has 0 spiro atoms.